The summed E-state index contributed by atoms with van der Waals surface area (Å²) in [5.74, 6) is 0.462. The maximum Gasteiger partial charge on any atom is 0.512 e. The third kappa shape index (κ3) is 2.16. The van der Waals surface area contributed by atoms with Crippen LogP contribution in [0.5, 0.6) is 5.88 Å². The van der Waals surface area contributed by atoms with E-state index in [1.165, 1.54) is 6.20 Å². The Bertz CT molecular complexity index is 316. The summed E-state index contributed by atoms with van der Waals surface area (Å²) >= 11 is 3.05. The number of carbonyl (C=O) groups is 1. The van der Waals surface area contributed by atoms with Gasteiger partial charge in [0.1, 0.15) is 5.82 Å². The van der Waals surface area contributed by atoms with Gasteiger partial charge in [-0.3, -0.25) is 0 Å². The first kappa shape index (κ1) is 8.92. The van der Waals surface area contributed by atoms with Gasteiger partial charge in [-0.15, -0.1) is 0 Å². The second-order valence-electron chi connectivity index (χ2n) is 1.94. The van der Waals surface area contributed by atoms with E-state index in [2.05, 4.69) is 30.6 Å². The van der Waals surface area contributed by atoms with Crippen LogP contribution in [0, 0.1) is 6.92 Å². The van der Waals surface area contributed by atoms with Gasteiger partial charge in [0.05, 0.1) is 4.47 Å². The Balaban J connectivity index is 2.97. The fraction of sp³-hybridized carbons (Fsp3) is 0.167. The van der Waals surface area contributed by atoms with Crippen LogP contribution in [0.3, 0.4) is 0 Å². The zero-order valence-electron chi connectivity index (χ0n) is 6.11. The second-order valence-corrected chi connectivity index (χ2v) is 2.79. The fourth-order valence-corrected chi connectivity index (χ4v) is 0.861. The topological polar surface area (TPSA) is 72.3 Å². The first-order valence-corrected chi connectivity index (χ1v) is 3.79. The van der Waals surface area contributed by atoms with Gasteiger partial charge in [0, 0.05) is 6.20 Å². The Hall–Kier alpha value is -1.17. The Labute approximate surface area is 76.5 Å². The minimum atomic E-state index is -1.39. The molecule has 0 aliphatic rings. The van der Waals surface area contributed by atoms with Gasteiger partial charge in [-0.05, 0) is 22.9 Å². The molecule has 0 fully saturated rings. The van der Waals surface area contributed by atoms with Crippen LogP contribution in [0.15, 0.2) is 10.7 Å². The molecule has 5 nitrogen and oxygen atoms in total. The number of aromatic nitrogens is 2. The molecule has 1 aromatic rings. The van der Waals surface area contributed by atoms with E-state index in [1.807, 2.05) is 0 Å². The van der Waals surface area contributed by atoms with Crippen molar-refractivity contribution in [1.29, 1.82) is 0 Å². The van der Waals surface area contributed by atoms with Gasteiger partial charge in [0.25, 0.3) is 0 Å². The Morgan fingerprint density at radius 3 is 3.00 bits per heavy atom. The van der Waals surface area contributed by atoms with Crippen molar-refractivity contribution >= 4 is 22.1 Å². The quantitative estimate of drug-likeness (QED) is 0.745. The third-order valence-corrected chi connectivity index (χ3v) is 1.56. The second kappa shape index (κ2) is 3.48. The molecule has 0 radical (unpaired) electrons. The van der Waals surface area contributed by atoms with Gasteiger partial charge in [0.15, 0.2) is 0 Å². The minimum absolute atomic E-state index is 0.00926. The minimum Gasteiger partial charge on any atom is -0.449 e. The molecule has 0 spiro atoms. The molecule has 1 aromatic heterocycles. The average molecular weight is 233 g/mol. The highest BCUT2D eigenvalue weighted by Gasteiger charge is 2.07. The Morgan fingerprint density at radius 2 is 2.42 bits per heavy atom. The SMILES string of the molecule is Cc1ncc(Br)c(OC(=O)O)n1. The van der Waals surface area contributed by atoms with Crippen LogP contribution in [0.25, 0.3) is 0 Å². The van der Waals surface area contributed by atoms with Crippen LogP contribution in [-0.2, 0) is 0 Å². The summed E-state index contributed by atoms with van der Waals surface area (Å²) in [6.45, 7) is 1.64. The molecule has 0 aliphatic heterocycles. The molecule has 1 heterocycles. The molecule has 1 N–H and O–H groups in total. The van der Waals surface area contributed by atoms with Crippen molar-refractivity contribution in [3.05, 3.63) is 16.5 Å². The lowest BCUT2D eigenvalue weighted by Gasteiger charge is -2.00. The maximum atomic E-state index is 10.1. The van der Waals surface area contributed by atoms with Gasteiger partial charge < -0.3 is 9.84 Å². The van der Waals surface area contributed by atoms with Gasteiger partial charge >= 0.3 is 6.16 Å². The van der Waals surface area contributed by atoms with E-state index in [1.54, 1.807) is 6.92 Å². The Kier molecular flexibility index (Phi) is 2.59. The van der Waals surface area contributed by atoms with Crippen molar-refractivity contribution in [1.82, 2.24) is 9.97 Å². The van der Waals surface area contributed by atoms with Crippen molar-refractivity contribution in [2.24, 2.45) is 0 Å². The molecule has 6 heteroatoms. The molecule has 0 saturated heterocycles. The van der Waals surface area contributed by atoms with E-state index in [4.69, 9.17) is 5.11 Å². The molecule has 0 atom stereocenters. The molecule has 0 aliphatic carbocycles. The number of ether oxygens (including phenoxy) is 1. The molecule has 12 heavy (non-hydrogen) atoms. The van der Waals surface area contributed by atoms with E-state index in [0.717, 1.165) is 0 Å². The summed E-state index contributed by atoms with van der Waals surface area (Å²) in [6, 6.07) is 0. The monoisotopic (exact) mass is 232 g/mol. The highest BCUT2D eigenvalue weighted by molar-refractivity contribution is 9.10. The van der Waals surface area contributed by atoms with Crippen molar-refractivity contribution in [3.63, 3.8) is 0 Å². The van der Waals surface area contributed by atoms with E-state index < -0.39 is 6.16 Å². The predicted molar refractivity (Wildman–Crippen MR) is 43.1 cm³/mol. The van der Waals surface area contributed by atoms with E-state index in [0.29, 0.717) is 10.3 Å². The summed E-state index contributed by atoms with van der Waals surface area (Å²) < 4.78 is 4.76. The molecule has 1 rings (SSSR count). The van der Waals surface area contributed by atoms with E-state index in [9.17, 15) is 4.79 Å². The number of rotatable bonds is 1. The van der Waals surface area contributed by atoms with Crippen LogP contribution >= 0.6 is 15.9 Å². The van der Waals surface area contributed by atoms with Crippen LogP contribution in [0.2, 0.25) is 0 Å². The van der Waals surface area contributed by atoms with Crippen molar-refractivity contribution in [2.75, 3.05) is 0 Å². The third-order valence-electron chi connectivity index (χ3n) is 1.02. The zero-order valence-corrected chi connectivity index (χ0v) is 7.70. The molecular weight excluding hydrogens is 228 g/mol. The molecule has 0 saturated carbocycles. The smallest absolute Gasteiger partial charge is 0.449 e. The van der Waals surface area contributed by atoms with Crippen LogP contribution in [-0.4, -0.2) is 21.2 Å². The van der Waals surface area contributed by atoms with Crippen molar-refractivity contribution in [3.8, 4) is 5.88 Å². The normalized spacial score (nSPS) is 9.50. The lowest BCUT2D eigenvalue weighted by atomic mass is 10.6. The predicted octanol–water partition coefficient (Wildman–Crippen LogP) is 1.60. The van der Waals surface area contributed by atoms with Gasteiger partial charge in [0.2, 0.25) is 5.88 Å². The number of hydrogen-bond donors (Lipinski definition) is 1. The van der Waals surface area contributed by atoms with E-state index >= 15 is 0 Å². The van der Waals surface area contributed by atoms with Gasteiger partial charge in [-0.2, -0.15) is 4.98 Å². The standard InChI is InChI=1S/C6H5BrN2O3/c1-3-8-2-4(7)5(9-3)12-6(10)11/h2H,1H3,(H,10,11). The first-order chi connectivity index (χ1) is 5.59. The number of halogens is 1. The molecule has 64 valence electrons. The average Bonchev–Trinajstić information content (AvgIpc) is 1.96. The molecule has 0 amide bonds. The Morgan fingerprint density at radius 1 is 1.75 bits per heavy atom. The summed E-state index contributed by atoms with van der Waals surface area (Å²) in [5.41, 5.74) is 0. The largest absolute Gasteiger partial charge is 0.512 e. The van der Waals surface area contributed by atoms with Crippen molar-refractivity contribution < 1.29 is 14.6 Å². The zero-order chi connectivity index (χ0) is 9.14. The molecule has 0 unspecified atom stereocenters. The summed E-state index contributed by atoms with van der Waals surface area (Å²) in [4.78, 5) is 17.7. The lowest BCUT2D eigenvalue weighted by molar-refractivity contribution is 0.142. The number of carboxylic acid groups (broad SMARTS) is 1. The fourth-order valence-electron chi connectivity index (χ4n) is 0.589. The number of aryl methyl sites for hydroxylation is 1. The summed E-state index contributed by atoms with van der Waals surface area (Å²) in [6.07, 6.45) is 0.0365. The highest BCUT2D eigenvalue weighted by atomic mass is 79.9. The first-order valence-electron chi connectivity index (χ1n) is 2.99. The summed E-state index contributed by atoms with van der Waals surface area (Å²) in [5, 5.41) is 8.28. The number of nitrogens with zero attached hydrogens (tertiary/aromatic N) is 2. The van der Waals surface area contributed by atoms with Gasteiger partial charge in [-0.1, -0.05) is 0 Å². The maximum absolute atomic E-state index is 10.1. The lowest BCUT2D eigenvalue weighted by Crippen LogP contribution is -2.06. The molecule has 0 aromatic carbocycles. The highest BCUT2D eigenvalue weighted by Crippen LogP contribution is 2.20. The van der Waals surface area contributed by atoms with Gasteiger partial charge in [-0.25, -0.2) is 9.78 Å². The van der Waals surface area contributed by atoms with Crippen LogP contribution in [0.1, 0.15) is 5.82 Å². The summed E-state index contributed by atoms with van der Waals surface area (Å²) in [7, 11) is 0. The van der Waals surface area contributed by atoms with Crippen LogP contribution in [0.4, 0.5) is 4.79 Å². The van der Waals surface area contributed by atoms with E-state index in [-0.39, 0.29) is 5.88 Å². The molecule has 0 bridgehead atoms. The number of hydrogen-bond acceptors (Lipinski definition) is 4. The van der Waals surface area contributed by atoms with Crippen LogP contribution < -0.4 is 4.74 Å². The van der Waals surface area contributed by atoms with Crippen molar-refractivity contribution in [2.45, 2.75) is 6.92 Å². The molecular formula is C6H5BrN2O3.